The average molecular weight is 543 g/mol. The third-order valence-electron chi connectivity index (χ3n) is 6.34. The number of anilines is 1. The molecule has 4 heterocycles. The van der Waals surface area contributed by atoms with Crippen molar-refractivity contribution in [3.05, 3.63) is 29.9 Å². The third kappa shape index (κ3) is 7.16. The van der Waals surface area contributed by atoms with Crippen LogP contribution in [0.15, 0.2) is 23.6 Å². The van der Waals surface area contributed by atoms with Crippen LogP contribution in [-0.2, 0) is 9.47 Å². The standard InChI is InChI=1S/C26H35FN8O4/c1-26(2,3)39-25(37)35-12-16(27)8-18(13-35)33-24-22-21(31-14-32-24)19(23(29)36)9-20(34-22)15(10-28)11-30-17-4-6-38-7-5-17/h9-11,14,16-18H,4-8,12-13,28H2,1-3H3,(H2,29,36)(H,31,32,33)/t16-,18-/m0/s1. The lowest BCUT2D eigenvalue weighted by molar-refractivity contribution is 0.0124. The van der Waals surface area contributed by atoms with Gasteiger partial charge >= 0.3 is 6.09 Å². The molecule has 0 unspecified atom stereocenters. The van der Waals surface area contributed by atoms with Crippen molar-refractivity contribution in [1.82, 2.24) is 19.9 Å². The summed E-state index contributed by atoms with van der Waals surface area (Å²) in [5, 5.41) is 3.18. The molecule has 5 N–H and O–H groups in total. The van der Waals surface area contributed by atoms with Crippen LogP contribution in [0.3, 0.4) is 0 Å². The number of halogens is 1. The predicted octanol–water partition coefficient (Wildman–Crippen LogP) is 2.43. The predicted molar refractivity (Wildman–Crippen MR) is 145 cm³/mol. The van der Waals surface area contributed by atoms with E-state index in [1.165, 1.54) is 23.5 Å². The number of aromatic nitrogens is 3. The number of likely N-dealkylation sites (tertiary alicyclic amines) is 1. The summed E-state index contributed by atoms with van der Waals surface area (Å²) in [6.45, 7) is 6.66. The van der Waals surface area contributed by atoms with Gasteiger partial charge in [0, 0.05) is 50.2 Å². The van der Waals surface area contributed by atoms with Crippen LogP contribution in [0.4, 0.5) is 15.0 Å². The highest BCUT2D eigenvalue weighted by atomic mass is 19.1. The van der Waals surface area contributed by atoms with Gasteiger partial charge in [-0.15, -0.1) is 0 Å². The highest BCUT2D eigenvalue weighted by molar-refractivity contribution is 6.12. The number of hydrogen-bond donors (Lipinski definition) is 3. The van der Waals surface area contributed by atoms with Crippen molar-refractivity contribution in [2.24, 2.45) is 16.5 Å². The van der Waals surface area contributed by atoms with E-state index in [-0.39, 0.29) is 48.0 Å². The first-order valence-electron chi connectivity index (χ1n) is 12.9. The molecule has 210 valence electrons. The van der Waals surface area contributed by atoms with E-state index in [0.717, 1.165) is 12.8 Å². The number of pyridine rings is 1. The van der Waals surface area contributed by atoms with E-state index in [1.807, 2.05) is 0 Å². The second-order valence-electron chi connectivity index (χ2n) is 10.6. The molecule has 2 saturated heterocycles. The molecule has 2 fully saturated rings. The van der Waals surface area contributed by atoms with Crippen molar-refractivity contribution in [1.29, 1.82) is 0 Å². The molecule has 0 saturated carbocycles. The van der Waals surface area contributed by atoms with Crippen LogP contribution < -0.4 is 16.8 Å². The van der Waals surface area contributed by atoms with Gasteiger partial charge in [-0.1, -0.05) is 0 Å². The van der Waals surface area contributed by atoms with Crippen LogP contribution in [0.5, 0.6) is 0 Å². The van der Waals surface area contributed by atoms with E-state index in [2.05, 4.69) is 25.3 Å². The van der Waals surface area contributed by atoms with Gasteiger partial charge in [0.2, 0.25) is 0 Å². The topological polar surface area (TPSA) is 171 Å². The molecule has 39 heavy (non-hydrogen) atoms. The fourth-order valence-electron chi connectivity index (χ4n) is 4.51. The lowest BCUT2D eigenvalue weighted by atomic mass is 10.0. The van der Waals surface area contributed by atoms with Gasteiger partial charge in [-0.2, -0.15) is 0 Å². The number of primary amides is 1. The first kappa shape index (κ1) is 28.1. The zero-order valence-electron chi connectivity index (χ0n) is 22.4. The summed E-state index contributed by atoms with van der Waals surface area (Å²) in [5.74, 6) is -0.436. The molecule has 2 aliphatic rings. The number of hydrogen-bond acceptors (Lipinski definition) is 10. The number of allylic oxidation sites excluding steroid dienone is 1. The first-order chi connectivity index (χ1) is 18.5. The van der Waals surface area contributed by atoms with Gasteiger partial charge in [-0.3, -0.25) is 9.79 Å². The minimum Gasteiger partial charge on any atom is -0.444 e. The number of carbonyl (C=O) groups excluding carboxylic acids is 2. The summed E-state index contributed by atoms with van der Waals surface area (Å²) in [6, 6.07) is 1.11. The molecule has 2 amide bonds. The van der Waals surface area contributed by atoms with Crippen LogP contribution >= 0.6 is 0 Å². The van der Waals surface area contributed by atoms with Gasteiger partial charge in [-0.25, -0.2) is 24.1 Å². The Hall–Kier alpha value is -3.87. The highest BCUT2D eigenvalue weighted by Gasteiger charge is 2.33. The normalized spacial score (nSPS) is 21.3. The Bertz CT molecular complexity index is 1270. The summed E-state index contributed by atoms with van der Waals surface area (Å²) >= 11 is 0. The van der Waals surface area contributed by atoms with E-state index in [1.54, 1.807) is 27.0 Å². The third-order valence-corrected chi connectivity index (χ3v) is 6.34. The van der Waals surface area contributed by atoms with Crippen molar-refractivity contribution >= 4 is 40.6 Å². The molecular formula is C26H35FN8O4. The number of fused-ring (bicyclic) bond motifs is 1. The maximum atomic E-state index is 14.7. The number of aliphatic imine (C=N–C) groups is 1. The Morgan fingerprint density at radius 3 is 2.64 bits per heavy atom. The maximum absolute atomic E-state index is 14.7. The number of ether oxygens (including phenoxy) is 2. The molecule has 2 aromatic heterocycles. The minimum atomic E-state index is -1.27. The van der Waals surface area contributed by atoms with E-state index < -0.39 is 29.8 Å². The largest absolute Gasteiger partial charge is 0.444 e. The lowest BCUT2D eigenvalue weighted by Gasteiger charge is -2.36. The Balaban J connectivity index is 1.65. The fraction of sp³-hybridized carbons (Fsp3) is 0.538. The molecule has 12 nitrogen and oxygen atoms in total. The van der Waals surface area contributed by atoms with Gasteiger partial charge in [-0.05, 0) is 39.7 Å². The lowest BCUT2D eigenvalue weighted by Crippen LogP contribution is -2.51. The number of amides is 2. The number of nitrogens with two attached hydrogens (primary N) is 2. The number of nitrogens with zero attached hydrogens (tertiary/aromatic N) is 5. The Kier molecular flexibility index (Phi) is 8.58. The monoisotopic (exact) mass is 542 g/mol. The zero-order chi connectivity index (χ0) is 28.2. The van der Waals surface area contributed by atoms with Gasteiger partial charge in [0.25, 0.3) is 5.91 Å². The maximum Gasteiger partial charge on any atom is 0.410 e. The van der Waals surface area contributed by atoms with Crippen molar-refractivity contribution in [3.63, 3.8) is 0 Å². The van der Waals surface area contributed by atoms with E-state index in [4.69, 9.17) is 20.9 Å². The molecule has 0 aliphatic carbocycles. The van der Waals surface area contributed by atoms with E-state index >= 15 is 0 Å². The second kappa shape index (κ2) is 11.9. The molecular weight excluding hydrogens is 507 g/mol. The Morgan fingerprint density at radius 1 is 1.23 bits per heavy atom. The molecule has 2 atom stereocenters. The van der Waals surface area contributed by atoms with Crippen LogP contribution in [0.1, 0.15) is 56.1 Å². The number of rotatable bonds is 6. The second-order valence-corrected chi connectivity index (χ2v) is 10.6. The van der Waals surface area contributed by atoms with Gasteiger partial charge in [0.1, 0.15) is 29.1 Å². The summed E-state index contributed by atoms with van der Waals surface area (Å²) in [7, 11) is 0. The number of nitrogens with one attached hydrogen (secondary N) is 1. The number of carbonyl (C=O) groups is 2. The van der Waals surface area contributed by atoms with Crippen LogP contribution in [-0.4, -0.2) is 88.2 Å². The van der Waals surface area contributed by atoms with Crippen molar-refractivity contribution in [2.45, 2.75) is 63.9 Å². The summed E-state index contributed by atoms with van der Waals surface area (Å²) in [4.78, 5) is 44.1. The van der Waals surface area contributed by atoms with Crippen LogP contribution in [0.2, 0.25) is 0 Å². The highest BCUT2D eigenvalue weighted by Crippen LogP contribution is 2.27. The van der Waals surface area contributed by atoms with Gasteiger partial charge < -0.3 is 31.2 Å². The van der Waals surface area contributed by atoms with Crippen molar-refractivity contribution in [2.75, 3.05) is 31.6 Å². The van der Waals surface area contributed by atoms with E-state index in [9.17, 15) is 14.0 Å². The van der Waals surface area contributed by atoms with Crippen LogP contribution in [0.25, 0.3) is 16.6 Å². The summed E-state index contributed by atoms with van der Waals surface area (Å²) in [5.41, 5.74) is 12.3. The first-order valence-corrected chi connectivity index (χ1v) is 12.9. The molecule has 4 rings (SSSR count). The molecule has 0 bridgehead atoms. The summed E-state index contributed by atoms with van der Waals surface area (Å²) < 4.78 is 25.5. The number of piperidine rings is 1. The average Bonchev–Trinajstić information content (AvgIpc) is 2.88. The number of alkyl halides is 1. The smallest absolute Gasteiger partial charge is 0.410 e. The molecule has 0 spiro atoms. The Morgan fingerprint density at radius 2 is 1.97 bits per heavy atom. The minimum absolute atomic E-state index is 0.0665. The fourth-order valence-corrected chi connectivity index (χ4v) is 4.51. The SMILES string of the molecule is CC(C)(C)OC(=O)N1C[C@@H](F)C[C@H](Nc2ncnc3c(C(N)=O)cc(C(C=NC4CCOCC4)=CN)nc23)C1. The molecule has 2 aromatic rings. The van der Waals surface area contributed by atoms with Gasteiger partial charge in [0.15, 0.2) is 5.82 Å². The van der Waals surface area contributed by atoms with E-state index in [0.29, 0.717) is 24.5 Å². The zero-order valence-corrected chi connectivity index (χ0v) is 22.4. The van der Waals surface area contributed by atoms with Gasteiger partial charge in [0.05, 0.1) is 23.8 Å². The molecule has 0 radical (unpaired) electrons. The quantitative estimate of drug-likeness (QED) is 0.464. The van der Waals surface area contributed by atoms with Crippen LogP contribution in [0, 0.1) is 0 Å². The Labute approximate surface area is 226 Å². The molecule has 13 heteroatoms. The summed E-state index contributed by atoms with van der Waals surface area (Å²) in [6.07, 6.45) is 4.12. The molecule has 2 aliphatic heterocycles. The molecule has 0 aromatic carbocycles. The van der Waals surface area contributed by atoms with Crippen molar-refractivity contribution in [3.8, 4) is 0 Å². The van der Waals surface area contributed by atoms with Crippen molar-refractivity contribution < 1.29 is 23.5 Å².